The molecule has 1 aromatic carbocycles. The number of rotatable bonds is 2. The van der Waals surface area contributed by atoms with Gasteiger partial charge in [0.05, 0.1) is 11.3 Å². The van der Waals surface area contributed by atoms with Crippen LogP contribution >= 0.6 is 11.8 Å². The average Bonchev–Trinajstić information content (AvgIpc) is 2.30. The van der Waals surface area contributed by atoms with Crippen molar-refractivity contribution in [2.45, 2.75) is 19.4 Å². The lowest BCUT2D eigenvalue weighted by Crippen LogP contribution is -2.18. The van der Waals surface area contributed by atoms with E-state index in [0.717, 1.165) is 16.2 Å². The van der Waals surface area contributed by atoms with Crippen molar-refractivity contribution in [1.29, 1.82) is 0 Å². The molecular formula is C13H14O2S. The summed E-state index contributed by atoms with van der Waals surface area (Å²) in [6, 6.07) is 9.88. The van der Waals surface area contributed by atoms with Crippen molar-refractivity contribution in [2.24, 2.45) is 0 Å². The molecule has 0 aromatic heterocycles. The molecule has 1 unspecified atom stereocenters. The van der Waals surface area contributed by atoms with Gasteiger partial charge in [0.2, 0.25) is 0 Å². The summed E-state index contributed by atoms with van der Waals surface area (Å²) >= 11 is 1.46. The molecule has 2 rings (SSSR count). The molecule has 1 atom stereocenters. The number of hydrogen-bond acceptors (Lipinski definition) is 3. The molecule has 0 aliphatic carbocycles. The Balaban J connectivity index is 2.25. The van der Waals surface area contributed by atoms with Crippen molar-refractivity contribution in [2.75, 3.05) is 6.26 Å². The Hall–Kier alpha value is -1.22. The Kier molecular flexibility index (Phi) is 3.34. The molecule has 0 N–H and O–H groups in total. The first-order chi connectivity index (χ1) is 7.72. The fourth-order valence-electron chi connectivity index (χ4n) is 1.88. The Morgan fingerprint density at radius 3 is 2.56 bits per heavy atom. The summed E-state index contributed by atoms with van der Waals surface area (Å²) in [5.41, 5.74) is 1.07. The fourth-order valence-corrected chi connectivity index (χ4v) is 2.52. The zero-order valence-corrected chi connectivity index (χ0v) is 10.2. The third-order valence-corrected chi connectivity index (χ3v) is 3.56. The van der Waals surface area contributed by atoms with E-state index in [4.69, 9.17) is 4.74 Å². The van der Waals surface area contributed by atoms with Crippen molar-refractivity contribution >= 4 is 17.5 Å². The second-order valence-corrected chi connectivity index (χ2v) is 4.55. The molecule has 0 fully saturated rings. The zero-order valence-electron chi connectivity index (χ0n) is 9.40. The monoisotopic (exact) mass is 234 g/mol. The summed E-state index contributed by atoms with van der Waals surface area (Å²) in [4.78, 5) is 12.6. The Bertz CT molecular complexity index is 423. The van der Waals surface area contributed by atoms with Gasteiger partial charge in [-0.2, -0.15) is 0 Å². The standard InChI is InChI=1S/C13H14O2S/c1-9-13(16-2)11(14)8-12(15-9)10-6-4-3-5-7-10/h3-7,12H,8H2,1-2H3. The molecule has 3 heteroatoms. The highest BCUT2D eigenvalue weighted by atomic mass is 32.2. The first kappa shape index (κ1) is 11.3. The molecule has 0 spiro atoms. The van der Waals surface area contributed by atoms with E-state index in [-0.39, 0.29) is 11.9 Å². The Morgan fingerprint density at radius 2 is 2.00 bits per heavy atom. The molecule has 1 aliphatic heterocycles. The van der Waals surface area contributed by atoms with Gasteiger partial charge in [-0.05, 0) is 18.7 Å². The van der Waals surface area contributed by atoms with Gasteiger partial charge in [0.25, 0.3) is 0 Å². The van der Waals surface area contributed by atoms with E-state index in [1.165, 1.54) is 11.8 Å². The van der Waals surface area contributed by atoms with E-state index >= 15 is 0 Å². The van der Waals surface area contributed by atoms with E-state index in [1.54, 1.807) is 0 Å². The summed E-state index contributed by atoms with van der Waals surface area (Å²) in [7, 11) is 0. The molecular weight excluding hydrogens is 220 g/mol. The summed E-state index contributed by atoms with van der Waals surface area (Å²) in [6.07, 6.45) is 2.23. The SMILES string of the molecule is CSC1=C(C)OC(c2ccccc2)CC1=O. The average molecular weight is 234 g/mol. The second kappa shape index (κ2) is 4.74. The van der Waals surface area contributed by atoms with Gasteiger partial charge < -0.3 is 4.74 Å². The maximum atomic E-state index is 11.9. The van der Waals surface area contributed by atoms with Crippen LogP contribution in [0.5, 0.6) is 0 Å². The van der Waals surface area contributed by atoms with Gasteiger partial charge in [0, 0.05) is 0 Å². The van der Waals surface area contributed by atoms with Crippen molar-refractivity contribution in [3.05, 3.63) is 46.6 Å². The van der Waals surface area contributed by atoms with E-state index in [9.17, 15) is 4.79 Å². The topological polar surface area (TPSA) is 26.3 Å². The number of ketones is 1. The highest BCUT2D eigenvalue weighted by molar-refractivity contribution is 8.03. The van der Waals surface area contributed by atoms with Crippen molar-refractivity contribution in [3.63, 3.8) is 0 Å². The number of carbonyl (C=O) groups excluding carboxylic acids is 1. The smallest absolute Gasteiger partial charge is 0.176 e. The van der Waals surface area contributed by atoms with Gasteiger partial charge in [-0.1, -0.05) is 30.3 Å². The third-order valence-electron chi connectivity index (χ3n) is 2.64. The normalized spacial score (nSPS) is 20.9. The summed E-state index contributed by atoms with van der Waals surface area (Å²) < 4.78 is 5.78. The molecule has 0 bridgehead atoms. The Morgan fingerprint density at radius 1 is 1.31 bits per heavy atom. The minimum Gasteiger partial charge on any atom is -0.489 e. The minimum atomic E-state index is -0.121. The van der Waals surface area contributed by atoms with Gasteiger partial charge in [-0.3, -0.25) is 4.79 Å². The number of hydrogen-bond donors (Lipinski definition) is 0. The van der Waals surface area contributed by atoms with Gasteiger partial charge in [0.1, 0.15) is 11.9 Å². The molecule has 1 aliphatic rings. The van der Waals surface area contributed by atoms with E-state index in [0.29, 0.717) is 6.42 Å². The number of ether oxygens (including phenoxy) is 1. The number of carbonyl (C=O) groups is 1. The van der Waals surface area contributed by atoms with Crippen LogP contribution in [0.3, 0.4) is 0 Å². The second-order valence-electron chi connectivity index (χ2n) is 3.73. The predicted molar refractivity (Wildman–Crippen MR) is 66.1 cm³/mol. The predicted octanol–water partition coefficient (Wildman–Crippen LogP) is 3.31. The van der Waals surface area contributed by atoms with Crippen LogP contribution in [0.4, 0.5) is 0 Å². The first-order valence-electron chi connectivity index (χ1n) is 5.22. The summed E-state index contributed by atoms with van der Waals surface area (Å²) in [6.45, 7) is 1.86. The van der Waals surface area contributed by atoms with Crippen LogP contribution in [0.25, 0.3) is 0 Å². The number of thioether (sulfide) groups is 1. The van der Waals surface area contributed by atoms with Crippen LogP contribution in [0.15, 0.2) is 41.0 Å². The lowest BCUT2D eigenvalue weighted by molar-refractivity contribution is -0.119. The third kappa shape index (κ3) is 2.14. The van der Waals surface area contributed by atoms with E-state index < -0.39 is 0 Å². The lowest BCUT2D eigenvalue weighted by atomic mass is 10.0. The largest absolute Gasteiger partial charge is 0.489 e. The molecule has 0 radical (unpaired) electrons. The molecule has 2 nitrogen and oxygen atoms in total. The molecule has 0 saturated carbocycles. The van der Waals surface area contributed by atoms with Gasteiger partial charge in [-0.15, -0.1) is 11.8 Å². The quantitative estimate of drug-likeness (QED) is 0.785. The molecule has 1 heterocycles. The fraction of sp³-hybridized carbons (Fsp3) is 0.308. The summed E-state index contributed by atoms with van der Waals surface area (Å²) in [5, 5.41) is 0. The minimum absolute atomic E-state index is 0.121. The van der Waals surface area contributed by atoms with Crippen molar-refractivity contribution in [3.8, 4) is 0 Å². The Labute approximate surface area is 99.7 Å². The van der Waals surface area contributed by atoms with Crippen molar-refractivity contribution < 1.29 is 9.53 Å². The van der Waals surface area contributed by atoms with Crippen LogP contribution in [0.1, 0.15) is 25.0 Å². The van der Waals surface area contributed by atoms with Crippen LogP contribution in [-0.2, 0) is 9.53 Å². The van der Waals surface area contributed by atoms with Crippen molar-refractivity contribution in [1.82, 2.24) is 0 Å². The summed E-state index contributed by atoms with van der Waals surface area (Å²) in [5.74, 6) is 0.933. The highest BCUT2D eigenvalue weighted by Gasteiger charge is 2.27. The first-order valence-corrected chi connectivity index (χ1v) is 6.44. The molecule has 1 aromatic rings. The van der Waals surface area contributed by atoms with Crippen LogP contribution in [-0.4, -0.2) is 12.0 Å². The maximum absolute atomic E-state index is 11.9. The molecule has 84 valence electrons. The lowest BCUT2D eigenvalue weighted by Gasteiger charge is -2.25. The van der Waals surface area contributed by atoms with E-state index in [1.807, 2.05) is 43.5 Å². The van der Waals surface area contributed by atoms with Crippen LogP contribution in [0.2, 0.25) is 0 Å². The number of benzene rings is 1. The molecule has 16 heavy (non-hydrogen) atoms. The van der Waals surface area contributed by atoms with Gasteiger partial charge >= 0.3 is 0 Å². The van der Waals surface area contributed by atoms with Crippen LogP contribution in [0, 0.1) is 0 Å². The van der Waals surface area contributed by atoms with Gasteiger partial charge in [0.15, 0.2) is 5.78 Å². The zero-order chi connectivity index (χ0) is 11.5. The van der Waals surface area contributed by atoms with E-state index in [2.05, 4.69) is 0 Å². The number of allylic oxidation sites excluding steroid dienone is 2. The molecule has 0 saturated heterocycles. The van der Waals surface area contributed by atoms with Crippen LogP contribution < -0.4 is 0 Å². The number of Topliss-reactive ketones (excluding diaryl/α,β-unsaturated/α-hetero) is 1. The highest BCUT2D eigenvalue weighted by Crippen LogP contribution is 2.34. The molecule has 0 amide bonds. The maximum Gasteiger partial charge on any atom is 0.176 e. The van der Waals surface area contributed by atoms with Gasteiger partial charge in [-0.25, -0.2) is 0 Å².